The molecule has 36 heavy (non-hydrogen) atoms. The summed E-state index contributed by atoms with van der Waals surface area (Å²) >= 11 is 7.25. The molecule has 0 fully saturated rings. The van der Waals surface area contributed by atoms with E-state index in [2.05, 4.69) is 5.32 Å². The Labute approximate surface area is 218 Å². The molecule has 0 saturated heterocycles. The first-order valence-corrected chi connectivity index (χ1v) is 13.0. The number of carbonyl (C=O) groups is 4. The third-order valence-corrected chi connectivity index (χ3v) is 6.99. The Hall–Kier alpha value is -3.49. The molecule has 3 aromatic rings. The Balaban J connectivity index is 1.31. The van der Waals surface area contributed by atoms with Gasteiger partial charge in [-0.2, -0.15) is 0 Å². The Morgan fingerprint density at radius 3 is 2.25 bits per heavy atom. The van der Waals surface area contributed by atoms with Gasteiger partial charge in [-0.25, -0.2) is 4.79 Å². The van der Waals surface area contributed by atoms with Crippen LogP contribution < -0.4 is 5.32 Å². The maximum Gasteiger partial charge on any atom is 0.341 e. The lowest BCUT2D eigenvalue weighted by Gasteiger charge is -2.13. The molecule has 0 bridgehead atoms. The highest BCUT2D eigenvalue weighted by molar-refractivity contribution is 7.15. The number of esters is 1. The second-order valence-electron chi connectivity index (χ2n) is 8.25. The molecule has 2 heterocycles. The third-order valence-electron chi connectivity index (χ3n) is 5.84. The standard InChI is InChI=1S/C27H25ClN2O5S/c1-2-35-27(34)23-21(17-11-13-18(28)14-12-17)16-36-24(23)29-22(31)10-4-3-7-15-30-25(32)19-8-5-6-9-20(19)26(30)33/h5-6,8-9,11-14,16H,2-4,7,10,15H2,1H3,(H,29,31). The molecular weight excluding hydrogens is 500 g/mol. The summed E-state index contributed by atoms with van der Waals surface area (Å²) in [4.78, 5) is 51.4. The summed E-state index contributed by atoms with van der Waals surface area (Å²) in [6, 6.07) is 13.9. The van der Waals surface area contributed by atoms with Crippen molar-refractivity contribution in [2.24, 2.45) is 0 Å². The number of amides is 3. The van der Waals surface area contributed by atoms with Crippen LogP contribution in [0.15, 0.2) is 53.9 Å². The number of hydrogen-bond donors (Lipinski definition) is 1. The minimum atomic E-state index is -0.500. The third kappa shape index (κ3) is 5.50. The van der Waals surface area contributed by atoms with Gasteiger partial charge < -0.3 is 10.1 Å². The van der Waals surface area contributed by atoms with E-state index >= 15 is 0 Å². The summed E-state index contributed by atoms with van der Waals surface area (Å²) in [5.74, 6) is -1.26. The number of nitrogens with zero attached hydrogens (tertiary/aromatic N) is 1. The van der Waals surface area contributed by atoms with Crippen molar-refractivity contribution in [1.82, 2.24) is 4.90 Å². The minimum Gasteiger partial charge on any atom is -0.462 e. The Morgan fingerprint density at radius 1 is 0.944 bits per heavy atom. The molecule has 2 aromatic carbocycles. The topological polar surface area (TPSA) is 92.8 Å². The molecule has 4 rings (SSSR count). The van der Waals surface area contributed by atoms with E-state index in [1.807, 2.05) is 17.5 Å². The number of halogens is 1. The summed E-state index contributed by atoms with van der Waals surface area (Å²) in [6.07, 6.45) is 2.11. The maximum absolute atomic E-state index is 12.7. The van der Waals surface area contributed by atoms with Crippen LogP contribution in [0.2, 0.25) is 5.02 Å². The Morgan fingerprint density at radius 2 is 1.61 bits per heavy atom. The second kappa shape index (κ2) is 11.5. The van der Waals surface area contributed by atoms with E-state index in [9.17, 15) is 19.2 Å². The number of ether oxygens (including phenoxy) is 1. The normalized spacial score (nSPS) is 12.6. The summed E-state index contributed by atoms with van der Waals surface area (Å²) in [5.41, 5.74) is 2.67. The molecule has 3 amide bonds. The number of rotatable bonds is 10. The zero-order chi connectivity index (χ0) is 25.7. The van der Waals surface area contributed by atoms with Crippen LogP contribution in [0.3, 0.4) is 0 Å². The monoisotopic (exact) mass is 524 g/mol. The molecule has 0 unspecified atom stereocenters. The van der Waals surface area contributed by atoms with Crippen LogP contribution in [-0.4, -0.2) is 41.7 Å². The van der Waals surface area contributed by atoms with Gasteiger partial charge in [-0.3, -0.25) is 19.3 Å². The van der Waals surface area contributed by atoms with E-state index < -0.39 is 5.97 Å². The van der Waals surface area contributed by atoms with Crippen molar-refractivity contribution in [1.29, 1.82) is 0 Å². The summed E-state index contributed by atoms with van der Waals surface area (Å²) in [6.45, 7) is 2.26. The van der Waals surface area contributed by atoms with Gasteiger partial charge in [0.15, 0.2) is 0 Å². The fourth-order valence-corrected chi connectivity index (χ4v) is 5.16. The van der Waals surface area contributed by atoms with E-state index in [4.69, 9.17) is 16.3 Å². The van der Waals surface area contributed by atoms with Crippen molar-refractivity contribution in [3.05, 3.63) is 75.6 Å². The van der Waals surface area contributed by atoms with E-state index in [1.54, 1.807) is 43.3 Å². The number of hydrogen-bond acceptors (Lipinski definition) is 6. The molecule has 1 aliphatic rings. The molecule has 1 N–H and O–H groups in total. The zero-order valence-electron chi connectivity index (χ0n) is 19.7. The predicted molar refractivity (Wildman–Crippen MR) is 140 cm³/mol. The van der Waals surface area contributed by atoms with Crippen LogP contribution in [0.5, 0.6) is 0 Å². The Bertz CT molecular complexity index is 1270. The molecule has 0 spiro atoms. The lowest BCUT2D eigenvalue weighted by molar-refractivity contribution is -0.116. The van der Waals surface area contributed by atoms with E-state index in [-0.39, 0.29) is 30.7 Å². The number of fused-ring (bicyclic) bond motifs is 1. The van der Waals surface area contributed by atoms with Gasteiger partial charge >= 0.3 is 5.97 Å². The predicted octanol–water partition coefficient (Wildman–Crippen LogP) is 6.04. The van der Waals surface area contributed by atoms with Gasteiger partial charge in [-0.15, -0.1) is 11.3 Å². The van der Waals surface area contributed by atoms with Gasteiger partial charge in [-0.05, 0) is 49.6 Å². The molecule has 0 saturated carbocycles. The first kappa shape index (κ1) is 25.6. The zero-order valence-corrected chi connectivity index (χ0v) is 21.3. The number of imide groups is 1. The van der Waals surface area contributed by atoms with Gasteiger partial charge in [0.05, 0.1) is 17.7 Å². The van der Waals surface area contributed by atoms with E-state index in [0.29, 0.717) is 58.1 Å². The average Bonchev–Trinajstić information content (AvgIpc) is 3.39. The van der Waals surface area contributed by atoms with Crippen molar-refractivity contribution in [3.63, 3.8) is 0 Å². The number of thiophene rings is 1. The van der Waals surface area contributed by atoms with Crippen molar-refractivity contribution in [2.45, 2.75) is 32.6 Å². The minimum absolute atomic E-state index is 0.217. The molecule has 0 aliphatic carbocycles. The highest BCUT2D eigenvalue weighted by atomic mass is 35.5. The summed E-state index contributed by atoms with van der Waals surface area (Å²) < 4.78 is 5.23. The fraction of sp³-hybridized carbons (Fsp3) is 0.259. The van der Waals surface area contributed by atoms with Gasteiger partial charge in [0.2, 0.25) is 5.91 Å². The van der Waals surface area contributed by atoms with Gasteiger partial charge in [0.25, 0.3) is 11.8 Å². The number of benzene rings is 2. The van der Waals surface area contributed by atoms with Crippen LogP contribution in [0.1, 0.15) is 63.7 Å². The molecule has 1 aliphatic heterocycles. The first-order valence-electron chi connectivity index (χ1n) is 11.7. The first-order chi connectivity index (χ1) is 17.4. The largest absolute Gasteiger partial charge is 0.462 e. The maximum atomic E-state index is 12.7. The SMILES string of the molecule is CCOC(=O)c1c(-c2ccc(Cl)cc2)csc1NC(=O)CCCCCN1C(=O)c2ccccc2C1=O. The molecule has 7 nitrogen and oxygen atoms in total. The van der Waals surface area contributed by atoms with Crippen LogP contribution in [0.25, 0.3) is 11.1 Å². The molecule has 0 atom stereocenters. The van der Waals surface area contributed by atoms with Crippen molar-refractivity contribution in [3.8, 4) is 11.1 Å². The van der Waals surface area contributed by atoms with Crippen LogP contribution in [0, 0.1) is 0 Å². The smallest absolute Gasteiger partial charge is 0.341 e. The van der Waals surface area contributed by atoms with E-state index in [0.717, 1.165) is 5.56 Å². The summed E-state index contributed by atoms with van der Waals surface area (Å²) in [5, 5.41) is 5.68. The van der Waals surface area contributed by atoms with Gasteiger partial charge in [0, 0.05) is 28.9 Å². The number of unbranched alkanes of at least 4 members (excludes halogenated alkanes) is 2. The highest BCUT2D eigenvalue weighted by Crippen LogP contribution is 2.37. The van der Waals surface area contributed by atoms with Crippen molar-refractivity contribution < 1.29 is 23.9 Å². The van der Waals surface area contributed by atoms with Crippen molar-refractivity contribution >= 4 is 51.6 Å². The summed E-state index contributed by atoms with van der Waals surface area (Å²) in [7, 11) is 0. The second-order valence-corrected chi connectivity index (χ2v) is 9.56. The van der Waals surface area contributed by atoms with Crippen LogP contribution in [-0.2, 0) is 9.53 Å². The lowest BCUT2D eigenvalue weighted by atomic mass is 10.0. The number of anilines is 1. The van der Waals surface area contributed by atoms with Crippen molar-refractivity contribution in [2.75, 3.05) is 18.5 Å². The molecule has 0 radical (unpaired) electrons. The highest BCUT2D eigenvalue weighted by Gasteiger charge is 2.34. The Kier molecular flexibility index (Phi) is 8.18. The number of carbonyl (C=O) groups excluding carboxylic acids is 4. The van der Waals surface area contributed by atoms with Crippen LogP contribution >= 0.6 is 22.9 Å². The fourth-order valence-electron chi connectivity index (χ4n) is 4.06. The van der Waals surface area contributed by atoms with Gasteiger partial charge in [-0.1, -0.05) is 42.3 Å². The molecular formula is C27H25ClN2O5S. The quantitative estimate of drug-likeness (QED) is 0.198. The lowest BCUT2D eigenvalue weighted by Crippen LogP contribution is -2.30. The average molecular weight is 525 g/mol. The molecule has 186 valence electrons. The van der Waals surface area contributed by atoms with E-state index in [1.165, 1.54) is 16.2 Å². The van der Waals surface area contributed by atoms with Gasteiger partial charge in [0.1, 0.15) is 10.6 Å². The molecule has 1 aromatic heterocycles. The van der Waals surface area contributed by atoms with Crippen LogP contribution in [0.4, 0.5) is 5.00 Å². The molecule has 9 heteroatoms. The number of nitrogens with one attached hydrogen (secondary N) is 1.